The Kier molecular flexibility index (Phi) is 6.13. The maximum Gasteiger partial charge on any atom is 0.401 e. The number of alkyl halides is 3. The van der Waals surface area contributed by atoms with Crippen LogP contribution in [0, 0.1) is 11.3 Å². The third kappa shape index (κ3) is 7.50. The number of hydrogen-bond acceptors (Lipinski definition) is 2. The van der Waals surface area contributed by atoms with Crippen LogP contribution in [0.1, 0.15) is 53.4 Å². The molecule has 1 saturated carbocycles. The summed E-state index contributed by atoms with van der Waals surface area (Å²) in [5.74, 6) is 0.597. The van der Waals surface area contributed by atoms with Crippen LogP contribution in [0.25, 0.3) is 0 Å². The zero-order chi connectivity index (χ0) is 16.3. The molecule has 2 unspecified atom stereocenters. The molecule has 1 aliphatic carbocycles. The van der Waals surface area contributed by atoms with Crippen LogP contribution in [0.2, 0.25) is 0 Å². The van der Waals surface area contributed by atoms with Crippen LogP contribution in [-0.4, -0.2) is 43.3 Å². The molecular weight excluding hydrogens is 277 g/mol. The van der Waals surface area contributed by atoms with E-state index in [4.69, 9.17) is 0 Å². The van der Waals surface area contributed by atoms with Crippen LogP contribution in [0.15, 0.2) is 0 Å². The maximum absolute atomic E-state index is 12.6. The number of hydrogen-bond donors (Lipinski definition) is 1. The minimum Gasteiger partial charge on any atom is -0.311 e. The zero-order valence-electron chi connectivity index (χ0n) is 14.1. The second-order valence-corrected chi connectivity index (χ2v) is 8.09. The quantitative estimate of drug-likeness (QED) is 0.824. The molecule has 0 aromatic carbocycles. The molecule has 1 N–H and O–H groups in total. The van der Waals surface area contributed by atoms with Gasteiger partial charge in [0.2, 0.25) is 0 Å². The summed E-state index contributed by atoms with van der Waals surface area (Å²) < 4.78 is 37.7. The van der Waals surface area contributed by atoms with E-state index in [2.05, 4.69) is 33.0 Å². The van der Waals surface area contributed by atoms with E-state index in [9.17, 15) is 13.2 Å². The Labute approximate surface area is 127 Å². The van der Waals surface area contributed by atoms with Crippen molar-refractivity contribution in [2.75, 3.05) is 26.7 Å². The molecule has 2 nitrogen and oxygen atoms in total. The molecule has 0 aromatic heterocycles. The van der Waals surface area contributed by atoms with Gasteiger partial charge in [0.05, 0.1) is 6.54 Å². The van der Waals surface area contributed by atoms with Crippen LogP contribution in [0.3, 0.4) is 0 Å². The minimum atomic E-state index is -4.12. The molecule has 0 aromatic rings. The highest BCUT2D eigenvalue weighted by molar-refractivity contribution is 4.91. The fourth-order valence-corrected chi connectivity index (χ4v) is 3.52. The van der Waals surface area contributed by atoms with Crippen molar-refractivity contribution in [3.05, 3.63) is 0 Å². The lowest BCUT2D eigenvalue weighted by Gasteiger charge is -2.44. The molecule has 2 atom stereocenters. The molecule has 0 spiro atoms. The fourth-order valence-electron chi connectivity index (χ4n) is 3.52. The van der Waals surface area contributed by atoms with Gasteiger partial charge in [0, 0.05) is 18.6 Å². The highest BCUT2D eigenvalue weighted by Crippen LogP contribution is 2.40. The summed E-state index contributed by atoms with van der Waals surface area (Å²) in [6.45, 7) is 9.02. The summed E-state index contributed by atoms with van der Waals surface area (Å²) in [6, 6.07) is 0. The molecule has 21 heavy (non-hydrogen) atoms. The first-order valence-corrected chi connectivity index (χ1v) is 7.91. The lowest BCUT2D eigenvalue weighted by Crippen LogP contribution is -2.51. The maximum atomic E-state index is 12.6. The van der Waals surface area contributed by atoms with Crippen molar-refractivity contribution in [3.63, 3.8) is 0 Å². The summed E-state index contributed by atoms with van der Waals surface area (Å²) >= 11 is 0. The average Bonchev–Trinajstić information content (AvgIpc) is 2.22. The molecule has 1 fully saturated rings. The van der Waals surface area contributed by atoms with E-state index in [1.54, 1.807) is 7.05 Å². The first-order valence-electron chi connectivity index (χ1n) is 7.91. The Morgan fingerprint density at radius 3 is 2.33 bits per heavy atom. The molecule has 0 saturated heterocycles. The average molecular weight is 308 g/mol. The molecule has 1 aliphatic rings. The van der Waals surface area contributed by atoms with Crippen molar-refractivity contribution < 1.29 is 13.2 Å². The van der Waals surface area contributed by atoms with E-state index < -0.39 is 12.7 Å². The highest BCUT2D eigenvalue weighted by atomic mass is 19.4. The lowest BCUT2D eigenvalue weighted by atomic mass is 9.69. The van der Waals surface area contributed by atoms with Gasteiger partial charge in [-0.15, -0.1) is 0 Å². The van der Waals surface area contributed by atoms with Gasteiger partial charge in [-0.1, -0.05) is 19.8 Å². The van der Waals surface area contributed by atoms with E-state index in [1.165, 1.54) is 11.3 Å². The van der Waals surface area contributed by atoms with Gasteiger partial charge in [0.15, 0.2) is 0 Å². The van der Waals surface area contributed by atoms with Gasteiger partial charge >= 0.3 is 6.18 Å². The molecule has 5 heteroatoms. The van der Waals surface area contributed by atoms with E-state index in [0.717, 1.165) is 25.8 Å². The minimum absolute atomic E-state index is 0.00369. The number of rotatable bonds is 5. The number of nitrogens with one attached hydrogen (secondary N) is 1. The second-order valence-electron chi connectivity index (χ2n) is 8.09. The Morgan fingerprint density at radius 1 is 1.24 bits per heavy atom. The normalized spacial score (nSPS) is 28.1. The van der Waals surface area contributed by atoms with E-state index in [0.29, 0.717) is 12.5 Å². The van der Waals surface area contributed by atoms with Crippen molar-refractivity contribution in [2.45, 2.75) is 65.1 Å². The van der Waals surface area contributed by atoms with Gasteiger partial charge in [0.1, 0.15) is 0 Å². The first kappa shape index (κ1) is 18.8. The summed E-state index contributed by atoms with van der Waals surface area (Å²) in [5, 5.41) is 3.51. The number of halogens is 3. The van der Waals surface area contributed by atoms with Gasteiger partial charge in [-0.2, -0.15) is 13.2 Å². The Hall–Kier alpha value is -0.290. The van der Waals surface area contributed by atoms with Crippen molar-refractivity contribution in [3.8, 4) is 0 Å². The molecule has 126 valence electrons. The van der Waals surface area contributed by atoms with Gasteiger partial charge in [-0.05, 0) is 52.0 Å². The van der Waals surface area contributed by atoms with Crippen molar-refractivity contribution in [1.29, 1.82) is 0 Å². The predicted octanol–water partition coefficient (Wildman–Crippen LogP) is 4.07. The van der Waals surface area contributed by atoms with Crippen molar-refractivity contribution >= 4 is 0 Å². The van der Waals surface area contributed by atoms with E-state index >= 15 is 0 Å². The molecule has 0 bridgehead atoms. The Balaban J connectivity index is 2.72. The number of nitrogens with zero attached hydrogens (tertiary/aromatic N) is 1. The van der Waals surface area contributed by atoms with Crippen LogP contribution in [0.4, 0.5) is 13.2 Å². The van der Waals surface area contributed by atoms with Gasteiger partial charge in [-0.3, -0.25) is 4.90 Å². The molecule has 0 heterocycles. The third-order valence-corrected chi connectivity index (χ3v) is 4.23. The van der Waals surface area contributed by atoms with Gasteiger partial charge in [0.25, 0.3) is 0 Å². The first-order chi connectivity index (χ1) is 9.41. The van der Waals surface area contributed by atoms with Crippen LogP contribution >= 0.6 is 0 Å². The van der Waals surface area contributed by atoms with Crippen molar-refractivity contribution in [2.24, 2.45) is 11.3 Å². The molecule has 0 radical (unpaired) electrons. The zero-order valence-corrected chi connectivity index (χ0v) is 14.1. The molecular formula is C16H31F3N2. The third-order valence-electron chi connectivity index (χ3n) is 4.23. The van der Waals surface area contributed by atoms with E-state index in [-0.39, 0.29) is 11.0 Å². The van der Waals surface area contributed by atoms with E-state index in [1.807, 2.05) is 0 Å². The Morgan fingerprint density at radius 2 is 1.86 bits per heavy atom. The SMILES string of the molecule is CC1CCCC(CNC(C)(C)C)(CN(C)CC(F)(F)F)C1. The molecule has 0 aliphatic heterocycles. The fraction of sp³-hybridized carbons (Fsp3) is 1.00. The standard InChI is InChI=1S/C16H31F3N2/c1-13-7-6-8-15(9-13,10-20-14(2,3)4)11-21(5)12-16(17,18)19/h13,20H,6-12H2,1-5H3. The molecule has 0 amide bonds. The smallest absolute Gasteiger partial charge is 0.311 e. The second kappa shape index (κ2) is 6.86. The topological polar surface area (TPSA) is 15.3 Å². The van der Waals surface area contributed by atoms with Gasteiger partial charge in [-0.25, -0.2) is 0 Å². The summed E-state index contributed by atoms with van der Waals surface area (Å²) in [4.78, 5) is 1.45. The highest BCUT2D eigenvalue weighted by Gasteiger charge is 2.38. The summed E-state index contributed by atoms with van der Waals surface area (Å²) in [7, 11) is 1.59. The Bertz CT molecular complexity index is 322. The molecule has 1 rings (SSSR count). The lowest BCUT2D eigenvalue weighted by molar-refractivity contribution is -0.146. The van der Waals surface area contributed by atoms with Gasteiger partial charge < -0.3 is 5.32 Å². The van der Waals surface area contributed by atoms with Crippen LogP contribution < -0.4 is 5.32 Å². The van der Waals surface area contributed by atoms with Crippen LogP contribution in [-0.2, 0) is 0 Å². The monoisotopic (exact) mass is 308 g/mol. The predicted molar refractivity (Wildman–Crippen MR) is 81.4 cm³/mol. The summed E-state index contributed by atoms with van der Waals surface area (Å²) in [6.07, 6.45) is 0.224. The van der Waals surface area contributed by atoms with Crippen molar-refractivity contribution in [1.82, 2.24) is 10.2 Å². The van der Waals surface area contributed by atoms with Crippen LogP contribution in [0.5, 0.6) is 0 Å². The largest absolute Gasteiger partial charge is 0.401 e. The summed E-state index contributed by atoms with van der Waals surface area (Å²) in [5.41, 5.74) is -0.0404.